The van der Waals surface area contributed by atoms with Crippen LogP contribution in [0.25, 0.3) is 23.1 Å². The summed E-state index contributed by atoms with van der Waals surface area (Å²) >= 11 is 0. The second-order valence-electron chi connectivity index (χ2n) is 5.97. The molecule has 0 radical (unpaired) electrons. The summed E-state index contributed by atoms with van der Waals surface area (Å²) < 4.78 is 0. The molecule has 0 spiro atoms. The molecular formula is C21H20N2O2. The highest BCUT2D eigenvalue weighted by Gasteiger charge is 2.16. The van der Waals surface area contributed by atoms with E-state index in [2.05, 4.69) is 17.1 Å². The predicted molar refractivity (Wildman–Crippen MR) is 103 cm³/mol. The van der Waals surface area contributed by atoms with Crippen molar-refractivity contribution in [2.45, 2.75) is 13.0 Å². The smallest absolute Gasteiger partial charge is 0.326 e. The molecule has 0 aliphatic carbocycles. The van der Waals surface area contributed by atoms with Crippen LogP contribution in [-0.2, 0) is 4.79 Å². The number of hydrogen-bond acceptors (Lipinski definition) is 3. The van der Waals surface area contributed by atoms with Gasteiger partial charge in [-0.1, -0.05) is 42.5 Å². The van der Waals surface area contributed by atoms with Crippen LogP contribution in [-0.4, -0.2) is 29.1 Å². The van der Waals surface area contributed by atoms with E-state index in [9.17, 15) is 4.79 Å². The van der Waals surface area contributed by atoms with E-state index in [1.54, 1.807) is 18.9 Å². The number of rotatable bonds is 5. The fourth-order valence-electron chi connectivity index (χ4n) is 2.66. The van der Waals surface area contributed by atoms with Crippen molar-refractivity contribution < 1.29 is 9.90 Å². The van der Waals surface area contributed by atoms with Gasteiger partial charge < -0.3 is 10.0 Å². The summed E-state index contributed by atoms with van der Waals surface area (Å²) in [6, 6.07) is 17.3. The summed E-state index contributed by atoms with van der Waals surface area (Å²) in [5.41, 5.74) is 4.03. The van der Waals surface area contributed by atoms with Crippen molar-refractivity contribution in [2.75, 3.05) is 11.9 Å². The first-order valence-corrected chi connectivity index (χ1v) is 8.14. The van der Waals surface area contributed by atoms with Gasteiger partial charge in [-0.25, -0.2) is 4.79 Å². The van der Waals surface area contributed by atoms with Crippen LogP contribution in [0.4, 0.5) is 5.69 Å². The van der Waals surface area contributed by atoms with Crippen LogP contribution in [0.2, 0.25) is 0 Å². The molecule has 4 heteroatoms. The number of pyridine rings is 1. The molecule has 0 saturated carbocycles. The standard InChI is InChI=1S/C21H20N2O2/c1-15(21(24)25)23(2)18-11-8-16(9-12-18)7-10-17-13-14-22-20-6-4-3-5-19(17)20/h3-15H,1-2H3,(H,24,25)/b10-7+. The second-order valence-corrected chi connectivity index (χ2v) is 5.97. The zero-order valence-corrected chi connectivity index (χ0v) is 14.3. The zero-order valence-electron chi connectivity index (χ0n) is 14.3. The number of carbonyl (C=O) groups is 1. The Kier molecular flexibility index (Phi) is 4.80. The molecule has 0 fully saturated rings. The van der Waals surface area contributed by atoms with E-state index in [0.29, 0.717) is 0 Å². The normalized spacial score (nSPS) is 12.4. The van der Waals surface area contributed by atoms with Gasteiger partial charge in [-0.15, -0.1) is 0 Å². The van der Waals surface area contributed by atoms with E-state index in [4.69, 9.17) is 5.11 Å². The summed E-state index contributed by atoms with van der Waals surface area (Å²) in [5, 5.41) is 10.2. The Morgan fingerprint density at radius 2 is 1.80 bits per heavy atom. The van der Waals surface area contributed by atoms with Gasteiger partial charge in [0.15, 0.2) is 0 Å². The quantitative estimate of drug-likeness (QED) is 0.756. The van der Waals surface area contributed by atoms with Gasteiger partial charge in [0.1, 0.15) is 6.04 Å². The van der Waals surface area contributed by atoms with Crippen LogP contribution in [0, 0.1) is 0 Å². The van der Waals surface area contributed by atoms with E-state index in [0.717, 1.165) is 27.7 Å². The second kappa shape index (κ2) is 7.18. The number of fused-ring (bicyclic) bond motifs is 1. The average molecular weight is 332 g/mol. The molecule has 1 N–H and O–H groups in total. The number of benzene rings is 2. The van der Waals surface area contributed by atoms with Gasteiger partial charge in [-0.2, -0.15) is 0 Å². The Hall–Kier alpha value is -3.14. The molecule has 0 aliphatic heterocycles. The Labute approximate surface area is 147 Å². The maximum Gasteiger partial charge on any atom is 0.326 e. The summed E-state index contributed by atoms with van der Waals surface area (Å²) in [6.45, 7) is 1.67. The number of carboxylic acids is 1. The summed E-state index contributed by atoms with van der Waals surface area (Å²) in [6.07, 6.45) is 5.93. The largest absolute Gasteiger partial charge is 0.480 e. The molecule has 0 bridgehead atoms. The maximum absolute atomic E-state index is 11.1. The van der Waals surface area contributed by atoms with Gasteiger partial charge in [0.05, 0.1) is 5.52 Å². The summed E-state index contributed by atoms with van der Waals surface area (Å²) in [7, 11) is 1.78. The molecule has 3 rings (SSSR count). The lowest BCUT2D eigenvalue weighted by atomic mass is 10.1. The highest BCUT2D eigenvalue weighted by molar-refractivity contribution is 5.90. The lowest BCUT2D eigenvalue weighted by Gasteiger charge is -2.23. The third-order valence-electron chi connectivity index (χ3n) is 4.38. The lowest BCUT2D eigenvalue weighted by Crippen LogP contribution is -2.35. The minimum atomic E-state index is -0.837. The molecule has 1 unspecified atom stereocenters. The van der Waals surface area contributed by atoms with E-state index >= 15 is 0 Å². The SMILES string of the molecule is CC(C(=O)O)N(C)c1ccc(/C=C/c2ccnc3ccccc23)cc1. The van der Waals surface area contributed by atoms with Crippen LogP contribution < -0.4 is 4.90 Å². The Morgan fingerprint density at radius 3 is 2.52 bits per heavy atom. The molecule has 0 aliphatic rings. The van der Waals surface area contributed by atoms with Crippen molar-refractivity contribution in [1.82, 2.24) is 4.98 Å². The fourth-order valence-corrected chi connectivity index (χ4v) is 2.66. The number of hydrogen-bond donors (Lipinski definition) is 1. The minimum Gasteiger partial charge on any atom is -0.480 e. The molecule has 1 atom stereocenters. The van der Waals surface area contributed by atoms with Gasteiger partial charge in [0.2, 0.25) is 0 Å². The molecule has 0 amide bonds. The monoisotopic (exact) mass is 332 g/mol. The van der Waals surface area contributed by atoms with Crippen molar-refractivity contribution in [1.29, 1.82) is 0 Å². The molecule has 2 aromatic carbocycles. The highest BCUT2D eigenvalue weighted by Crippen LogP contribution is 2.20. The first-order chi connectivity index (χ1) is 12.1. The van der Waals surface area contributed by atoms with E-state index in [-0.39, 0.29) is 0 Å². The van der Waals surface area contributed by atoms with Crippen molar-refractivity contribution in [2.24, 2.45) is 0 Å². The number of likely N-dealkylation sites (N-methyl/N-ethyl adjacent to an activating group) is 1. The number of anilines is 1. The van der Waals surface area contributed by atoms with Crippen molar-refractivity contribution >= 4 is 34.7 Å². The van der Waals surface area contributed by atoms with Gasteiger partial charge in [0, 0.05) is 24.3 Å². The Balaban J connectivity index is 1.81. The minimum absolute atomic E-state index is 0.565. The number of aromatic nitrogens is 1. The van der Waals surface area contributed by atoms with Gasteiger partial charge in [-0.05, 0) is 42.3 Å². The van der Waals surface area contributed by atoms with E-state index < -0.39 is 12.0 Å². The van der Waals surface area contributed by atoms with E-state index in [1.807, 2.05) is 60.8 Å². The van der Waals surface area contributed by atoms with Gasteiger partial charge in [0.25, 0.3) is 0 Å². The molecule has 4 nitrogen and oxygen atoms in total. The van der Waals surface area contributed by atoms with Crippen LogP contribution in [0.15, 0.2) is 60.8 Å². The van der Waals surface area contributed by atoms with Crippen molar-refractivity contribution in [3.8, 4) is 0 Å². The molecule has 3 aromatic rings. The first-order valence-electron chi connectivity index (χ1n) is 8.14. The van der Waals surface area contributed by atoms with Crippen molar-refractivity contribution in [3.63, 3.8) is 0 Å². The summed E-state index contributed by atoms with van der Waals surface area (Å²) in [4.78, 5) is 17.2. The van der Waals surface area contributed by atoms with Gasteiger partial charge in [-0.3, -0.25) is 4.98 Å². The maximum atomic E-state index is 11.1. The zero-order chi connectivity index (χ0) is 17.8. The number of para-hydroxylation sites is 1. The van der Waals surface area contributed by atoms with E-state index in [1.165, 1.54) is 0 Å². The Bertz CT molecular complexity index is 911. The summed E-state index contributed by atoms with van der Waals surface area (Å²) in [5.74, 6) is -0.837. The average Bonchev–Trinajstić information content (AvgIpc) is 2.65. The topological polar surface area (TPSA) is 53.4 Å². The number of aliphatic carboxylic acids is 1. The first kappa shape index (κ1) is 16.7. The molecule has 126 valence electrons. The van der Waals surface area contributed by atoms with Gasteiger partial charge >= 0.3 is 5.97 Å². The molecule has 25 heavy (non-hydrogen) atoms. The predicted octanol–water partition coefficient (Wildman–Crippen LogP) is 4.31. The number of nitrogens with zero attached hydrogens (tertiary/aromatic N) is 2. The fraction of sp³-hybridized carbons (Fsp3) is 0.143. The van der Waals surface area contributed by atoms with Crippen LogP contribution in [0.1, 0.15) is 18.1 Å². The molecule has 1 heterocycles. The van der Waals surface area contributed by atoms with Crippen LogP contribution in [0.3, 0.4) is 0 Å². The van der Waals surface area contributed by atoms with Crippen molar-refractivity contribution in [3.05, 3.63) is 71.9 Å². The molecule has 0 saturated heterocycles. The van der Waals surface area contributed by atoms with Crippen LogP contribution in [0.5, 0.6) is 0 Å². The molecular weight excluding hydrogens is 312 g/mol. The third kappa shape index (κ3) is 3.69. The third-order valence-corrected chi connectivity index (χ3v) is 4.38. The Morgan fingerprint density at radius 1 is 1.08 bits per heavy atom. The lowest BCUT2D eigenvalue weighted by molar-refractivity contribution is -0.138. The van der Waals surface area contributed by atoms with Crippen LogP contribution >= 0.6 is 0 Å². The molecule has 1 aromatic heterocycles. The highest BCUT2D eigenvalue weighted by atomic mass is 16.4. The number of carboxylic acid groups (broad SMARTS) is 1.